The Hall–Kier alpha value is -1.20. The summed E-state index contributed by atoms with van der Waals surface area (Å²) >= 11 is 0. The second kappa shape index (κ2) is 13.0. The first kappa shape index (κ1) is 37.0. The Labute approximate surface area is 254 Å². The van der Waals surface area contributed by atoms with Crippen LogP contribution in [0.2, 0.25) is 0 Å². The number of fused-ring (bicyclic) bond motifs is 1. The number of ether oxygens (including phenoxy) is 2. The van der Waals surface area contributed by atoms with Crippen LogP contribution < -0.4 is 16.4 Å². The van der Waals surface area contributed by atoms with Gasteiger partial charge < -0.3 is 30.7 Å². The normalized spacial score (nSPS) is 29.6. The Balaban J connectivity index is 2.33. The molecule has 2 aliphatic rings. The molecule has 0 aromatic rings. The molecule has 0 bridgehead atoms. The summed E-state index contributed by atoms with van der Waals surface area (Å²) in [6, 6.07) is -0.314. The minimum absolute atomic E-state index is 0.0342. The third kappa shape index (κ3) is 7.03. The summed E-state index contributed by atoms with van der Waals surface area (Å²) in [7, 11) is 0. The van der Waals surface area contributed by atoms with E-state index in [-0.39, 0.29) is 36.7 Å². The molecule has 9 nitrogen and oxygen atoms in total. The Morgan fingerprint density at radius 1 is 1.14 bits per heavy atom. The van der Waals surface area contributed by atoms with Crippen molar-refractivity contribution in [2.45, 2.75) is 144 Å². The van der Waals surface area contributed by atoms with Gasteiger partial charge in [0.2, 0.25) is 0 Å². The molecule has 0 amide bonds. The van der Waals surface area contributed by atoms with Crippen molar-refractivity contribution in [1.82, 2.24) is 10.6 Å². The molecule has 2 rings (SSSR count). The van der Waals surface area contributed by atoms with Crippen LogP contribution in [0.3, 0.4) is 0 Å². The number of Topliss-reactive ketones (excluding diaryl/α,β-unsaturated/α-hetero) is 2. The molecule has 8 unspecified atom stereocenters. The third-order valence-electron chi connectivity index (χ3n) is 10.8. The number of nitrogens with two attached hydrogens (primary N) is 1. The number of aliphatic hydroxyl groups excluding tert-OH is 2. The Morgan fingerprint density at radius 2 is 1.71 bits per heavy atom. The van der Waals surface area contributed by atoms with E-state index in [9.17, 15) is 19.8 Å². The standard InChI is InChI=1S/C33H61N3O6/c1-14-15-19(2)25(38)31(8,9)35-20(3)22(17-34)26(39)29(4,5)32(10,11)36-28-24-23(16-21(18-37)41-28)42-33(12,13)30(6,7)27(24)40/h14-15,19-25,28,35-38H,16-18,34H2,1-13H3. The van der Waals surface area contributed by atoms with Crippen LogP contribution >= 0.6 is 0 Å². The molecular formula is C33H61N3O6. The summed E-state index contributed by atoms with van der Waals surface area (Å²) in [5.41, 5.74) is 2.35. The Bertz CT molecular complexity index is 988. The van der Waals surface area contributed by atoms with Crippen LogP contribution in [0.1, 0.15) is 96.4 Å². The number of rotatable bonds is 13. The predicted molar refractivity (Wildman–Crippen MR) is 167 cm³/mol. The predicted octanol–water partition coefficient (Wildman–Crippen LogP) is 3.35. The van der Waals surface area contributed by atoms with Crippen molar-refractivity contribution in [3.8, 4) is 0 Å². The quantitative estimate of drug-likeness (QED) is 0.203. The summed E-state index contributed by atoms with van der Waals surface area (Å²) in [4.78, 5) is 28.2. The monoisotopic (exact) mass is 595 g/mol. The minimum atomic E-state index is -0.938. The topological polar surface area (TPSA) is 143 Å². The van der Waals surface area contributed by atoms with E-state index < -0.39 is 63.9 Å². The average molecular weight is 596 g/mol. The molecule has 0 aromatic carbocycles. The van der Waals surface area contributed by atoms with Crippen LogP contribution in [0.25, 0.3) is 0 Å². The first-order valence-electron chi connectivity index (χ1n) is 15.6. The van der Waals surface area contributed by atoms with Gasteiger partial charge in [-0.2, -0.15) is 0 Å². The van der Waals surface area contributed by atoms with Crippen molar-refractivity contribution >= 4 is 11.6 Å². The van der Waals surface area contributed by atoms with E-state index in [0.717, 1.165) is 0 Å². The lowest BCUT2D eigenvalue weighted by Crippen LogP contribution is -2.70. The van der Waals surface area contributed by atoms with E-state index in [2.05, 4.69) is 10.6 Å². The molecule has 0 aromatic heterocycles. The van der Waals surface area contributed by atoms with Gasteiger partial charge in [0.05, 0.1) is 41.9 Å². The van der Waals surface area contributed by atoms with E-state index in [1.54, 1.807) is 0 Å². The van der Waals surface area contributed by atoms with Crippen LogP contribution in [0.15, 0.2) is 12.2 Å². The van der Waals surface area contributed by atoms with Gasteiger partial charge in [0.1, 0.15) is 12.0 Å². The van der Waals surface area contributed by atoms with Crippen molar-refractivity contribution < 1.29 is 29.3 Å². The average Bonchev–Trinajstić information content (AvgIpc) is 2.86. The van der Waals surface area contributed by atoms with Crippen molar-refractivity contribution in [1.29, 1.82) is 0 Å². The zero-order valence-electron chi connectivity index (χ0n) is 28.5. The highest BCUT2D eigenvalue weighted by atomic mass is 16.5. The lowest BCUT2D eigenvalue weighted by Gasteiger charge is -2.56. The number of allylic oxidation sites excluding steroid dienone is 1. The van der Waals surface area contributed by atoms with Crippen LogP contribution in [0, 0.1) is 28.6 Å². The van der Waals surface area contributed by atoms with Crippen LogP contribution in [-0.2, 0) is 19.1 Å². The maximum absolute atomic E-state index is 14.3. The highest BCUT2D eigenvalue weighted by molar-refractivity contribution is 5.90. The van der Waals surface area contributed by atoms with Crippen LogP contribution in [-0.4, -0.2) is 82.2 Å². The largest absolute Gasteiger partial charge is 0.394 e. The minimum Gasteiger partial charge on any atom is -0.394 e. The van der Waals surface area contributed by atoms with Gasteiger partial charge in [-0.15, -0.1) is 0 Å². The molecule has 6 N–H and O–H groups in total. The molecule has 2 fully saturated rings. The molecule has 0 spiro atoms. The zero-order chi connectivity index (χ0) is 32.6. The molecule has 0 aliphatic carbocycles. The molecule has 0 saturated carbocycles. The number of hydrogen-bond acceptors (Lipinski definition) is 9. The molecule has 2 aliphatic heterocycles. The highest BCUT2D eigenvalue weighted by Gasteiger charge is 2.60. The van der Waals surface area contributed by atoms with Gasteiger partial charge >= 0.3 is 0 Å². The van der Waals surface area contributed by atoms with Crippen LogP contribution in [0.4, 0.5) is 0 Å². The maximum Gasteiger partial charge on any atom is 0.150 e. The van der Waals surface area contributed by atoms with Gasteiger partial charge in [-0.05, 0) is 55.4 Å². The SMILES string of the molecule is CC=CC(C)C(O)C(C)(C)NC(C)C(CN)C(=O)C(C)(C)C(C)(C)NC1OC(CO)CC2OC(C)(C)C(C)(C)C(=O)C21. The molecule has 2 heterocycles. The molecule has 0 radical (unpaired) electrons. The number of nitrogens with one attached hydrogen (secondary N) is 2. The molecule has 42 heavy (non-hydrogen) atoms. The first-order valence-corrected chi connectivity index (χ1v) is 15.6. The molecule has 244 valence electrons. The number of hydrogen-bond donors (Lipinski definition) is 5. The lowest BCUT2D eigenvalue weighted by molar-refractivity contribution is -0.250. The van der Waals surface area contributed by atoms with E-state index in [4.69, 9.17) is 15.2 Å². The second-order valence-electron chi connectivity index (χ2n) is 15.4. The molecule has 8 atom stereocenters. The summed E-state index contributed by atoms with van der Waals surface area (Å²) in [6.45, 7) is 25.0. The van der Waals surface area contributed by atoms with Gasteiger partial charge in [0.25, 0.3) is 0 Å². The van der Waals surface area contributed by atoms with Crippen LogP contribution in [0.5, 0.6) is 0 Å². The second-order valence-corrected chi connectivity index (χ2v) is 15.4. The Morgan fingerprint density at radius 3 is 2.21 bits per heavy atom. The zero-order valence-corrected chi connectivity index (χ0v) is 28.5. The molecular weight excluding hydrogens is 534 g/mol. The highest BCUT2D eigenvalue weighted by Crippen LogP contribution is 2.48. The van der Waals surface area contributed by atoms with Gasteiger partial charge in [0, 0.05) is 47.3 Å². The molecule has 9 heteroatoms. The fraction of sp³-hybridized carbons (Fsp3) is 0.879. The lowest BCUT2D eigenvalue weighted by atomic mass is 9.64. The third-order valence-corrected chi connectivity index (χ3v) is 10.8. The van der Waals surface area contributed by atoms with E-state index in [1.165, 1.54) is 0 Å². The van der Waals surface area contributed by atoms with E-state index >= 15 is 0 Å². The summed E-state index contributed by atoms with van der Waals surface area (Å²) in [6.07, 6.45) is 1.97. The van der Waals surface area contributed by atoms with Gasteiger partial charge in [-0.3, -0.25) is 14.9 Å². The van der Waals surface area contributed by atoms with E-state index in [0.29, 0.717) is 6.42 Å². The fourth-order valence-corrected chi connectivity index (χ4v) is 6.54. The van der Waals surface area contributed by atoms with Gasteiger partial charge in [0.15, 0.2) is 5.78 Å². The summed E-state index contributed by atoms with van der Waals surface area (Å²) in [5.74, 6) is -1.18. The van der Waals surface area contributed by atoms with Gasteiger partial charge in [-0.1, -0.05) is 46.8 Å². The van der Waals surface area contributed by atoms with Crippen molar-refractivity contribution in [3.63, 3.8) is 0 Å². The smallest absolute Gasteiger partial charge is 0.150 e. The molecule has 2 saturated heterocycles. The first-order chi connectivity index (χ1) is 19.0. The number of aliphatic hydroxyl groups is 2. The number of carbonyl (C=O) groups excluding carboxylic acids is 2. The Kier molecular flexibility index (Phi) is 11.5. The number of carbonyl (C=O) groups is 2. The summed E-state index contributed by atoms with van der Waals surface area (Å²) in [5, 5.41) is 28.0. The fourth-order valence-electron chi connectivity index (χ4n) is 6.54. The van der Waals surface area contributed by atoms with Crippen molar-refractivity contribution in [3.05, 3.63) is 12.2 Å². The number of ketones is 2. The maximum atomic E-state index is 14.3. The summed E-state index contributed by atoms with van der Waals surface area (Å²) < 4.78 is 12.8. The van der Waals surface area contributed by atoms with Crippen molar-refractivity contribution in [2.75, 3.05) is 13.2 Å². The van der Waals surface area contributed by atoms with Crippen molar-refractivity contribution in [2.24, 2.45) is 34.3 Å². The van der Waals surface area contributed by atoms with Gasteiger partial charge in [-0.25, -0.2) is 0 Å². The van der Waals surface area contributed by atoms with E-state index in [1.807, 2.05) is 102 Å².